The van der Waals surface area contributed by atoms with Crippen molar-refractivity contribution in [3.63, 3.8) is 0 Å². The van der Waals surface area contributed by atoms with Crippen LogP contribution in [0.4, 0.5) is 0 Å². The molecule has 2 aromatic carbocycles. The summed E-state index contributed by atoms with van der Waals surface area (Å²) >= 11 is 0. The summed E-state index contributed by atoms with van der Waals surface area (Å²) in [7, 11) is 0. The van der Waals surface area contributed by atoms with Crippen LogP contribution in [0, 0.1) is 0 Å². The summed E-state index contributed by atoms with van der Waals surface area (Å²) < 4.78 is 0. The third-order valence-electron chi connectivity index (χ3n) is 3.64. The van der Waals surface area contributed by atoms with Gasteiger partial charge in [-0.1, -0.05) is 42.5 Å². The number of hydrogen-bond acceptors (Lipinski definition) is 2. The molecule has 0 aliphatic heterocycles. The SMILES string of the molecule is CC=Cc1ccc(C(=O)NN(C(=O)c2ccccc2)C(C)(C)C)cc1. The van der Waals surface area contributed by atoms with Gasteiger partial charge in [0.05, 0.1) is 5.54 Å². The molecule has 0 heterocycles. The predicted molar refractivity (Wildman–Crippen MR) is 101 cm³/mol. The van der Waals surface area contributed by atoms with Crippen LogP contribution in [0.25, 0.3) is 6.08 Å². The van der Waals surface area contributed by atoms with Crippen molar-refractivity contribution in [1.82, 2.24) is 10.4 Å². The van der Waals surface area contributed by atoms with Gasteiger partial charge >= 0.3 is 0 Å². The molecule has 0 unspecified atom stereocenters. The fourth-order valence-electron chi connectivity index (χ4n) is 2.34. The van der Waals surface area contributed by atoms with Gasteiger partial charge in [-0.3, -0.25) is 15.0 Å². The van der Waals surface area contributed by atoms with Crippen molar-refractivity contribution in [2.24, 2.45) is 0 Å². The zero-order valence-corrected chi connectivity index (χ0v) is 15.1. The van der Waals surface area contributed by atoms with E-state index in [1.54, 1.807) is 36.4 Å². The fourth-order valence-corrected chi connectivity index (χ4v) is 2.34. The fraction of sp³-hybridized carbons (Fsp3) is 0.238. The van der Waals surface area contributed by atoms with Crippen molar-refractivity contribution in [2.75, 3.05) is 0 Å². The molecule has 0 saturated carbocycles. The van der Waals surface area contributed by atoms with Crippen LogP contribution in [0.3, 0.4) is 0 Å². The average Bonchev–Trinajstić information content (AvgIpc) is 2.59. The molecule has 1 N–H and O–H groups in total. The molecule has 0 spiro atoms. The normalized spacial score (nSPS) is 11.4. The molecule has 0 atom stereocenters. The van der Waals surface area contributed by atoms with E-state index in [4.69, 9.17) is 0 Å². The molecule has 0 aliphatic carbocycles. The minimum absolute atomic E-state index is 0.244. The molecule has 4 nitrogen and oxygen atoms in total. The van der Waals surface area contributed by atoms with Gasteiger partial charge in [0.25, 0.3) is 11.8 Å². The summed E-state index contributed by atoms with van der Waals surface area (Å²) in [6, 6.07) is 16.2. The first-order valence-corrected chi connectivity index (χ1v) is 8.26. The highest BCUT2D eigenvalue weighted by Gasteiger charge is 2.29. The Bertz CT molecular complexity index is 757. The topological polar surface area (TPSA) is 49.4 Å². The second-order valence-corrected chi connectivity index (χ2v) is 6.74. The quantitative estimate of drug-likeness (QED) is 0.849. The number of amides is 2. The van der Waals surface area contributed by atoms with E-state index in [-0.39, 0.29) is 11.8 Å². The Labute approximate surface area is 149 Å². The van der Waals surface area contributed by atoms with Crippen LogP contribution < -0.4 is 5.43 Å². The largest absolute Gasteiger partial charge is 0.272 e. The van der Waals surface area contributed by atoms with E-state index in [1.165, 1.54) is 5.01 Å². The lowest BCUT2D eigenvalue weighted by Crippen LogP contribution is -2.55. The number of allylic oxidation sites excluding steroid dienone is 1. The van der Waals surface area contributed by atoms with E-state index < -0.39 is 5.54 Å². The highest BCUT2D eigenvalue weighted by Crippen LogP contribution is 2.16. The van der Waals surface area contributed by atoms with Crippen molar-refractivity contribution in [3.05, 3.63) is 77.4 Å². The van der Waals surface area contributed by atoms with Crippen LogP contribution in [-0.2, 0) is 0 Å². The molecule has 25 heavy (non-hydrogen) atoms. The van der Waals surface area contributed by atoms with Gasteiger partial charge in [-0.2, -0.15) is 0 Å². The summed E-state index contributed by atoms with van der Waals surface area (Å²) in [5.74, 6) is -0.557. The summed E-state index contributed by atoms with van der Waals surface area (Å²) in [5.41, 5.74) is 4.24. The second-order valence-electron chi connectivity index (χ2n) is 6.74. The summed E-state index contributed by atoms with van der Waals surface area (Å²) in [6.45, 7) is 7.58. The smallest absolute Gasteiger partial charge is 0.267 e. The minimum Gasteiger partial charge on any atom is -0.267 e. The number of benzene rings is 2. The van der Waals surface area contributed by atoms with Crippen LogP contribution in [-0.4, -0.2) is 22.4 Å². The Morgan fingerprint density at radius 3 is 2.04 bits per heavy atom. The number of nitrogens with one attached hydrogen (secondary N) is 1. The maximum absolute atomic E-state index is 12.8. The molecular formula is C21H24N2O2. The molecule has 2 aromatic rings. The third kappa shape index (κ3) is 4.80. The highest BCUT2D eigenvalue weighted by atomic mass is 16.2. The first kappa shape index (κ1) is 18.5. The van der Waals surface area contributed by atoms with E-state index >= 15 is 0 Å². The number of hydrogen-bond donors (Lipinski definition) is 1. The molecule has 2 amide bonds. The standard InChI is InChI=1S/C21H24N2O2/c1-5-9-16-12-14-17(15-13-16)19(24)22-23(21(2,3)4)20(25)18-10-7-6-8-11-18/h5-15H,1-4H3,(H,22,24). The summed E-state index contributed by atoms with van der Waals surface area (Å²) in [4.78, 5) is 25.4. The average molecular weight is 336 g/mol. The molecule has 0 bridgehead atoms. The van der Waals surface area contributed by atoms with Crippen LogP contribution in [0.2, 0.25) is 0 Å². The van der Waals surface area contributed by atoms with Crippen molar-refractivity contribution >= 4 is 17.9 Å². The van der Waals surface area contributed by atoms with E-state index in [2.05, 4.69) is 5.43 Å². The molecule has 0 saturated heterocycles. The molecule has 2 rings (SSSR count). The number of hydrazine groups is 1. The predicted octanol–water partition coefficient (Wildman–Crippen LogP) is 4.31. The molecule has 0 radical (unpaired) electrons. The summed E-state index contributed by atoms with van der Waals surface area (Å²) in [5, 5.41) is 1.38. The number of rotatable bonds is 3. The Morgan fingerprint density at radius 2 is 1.52 bits per heavy atom. The van der Waals surface area contributed by atoms with Crippen molar-refractivity contribution in [2.45, 2.75) is 33.2 Å². The van der Waals surface area contributed by atoms with Gasteiger partial charge in [-0.05, 0) is 57.5 Å². The zero-order valence-electron chi connectivity index (χ0n) is 15.1. The van der Waals surface area contributed by atoms with Gasteiger partial charge in [-0.15, -0.1) is 0 Å². The number of carbonyl (C=O) groups excluding carboxylic acids is 2. The first-order chi connectivity index (χ1) is 11.8. The van der Waals surface area contributed by atoms with Crippen LogP contribution in [0.5, 0.6) is 0 Å². The van der Waals surface area contributed by atoms with E-state index in [1.807, 2.05) is 58.0 Å². The van der Waals surface area contributed by atoms with E-state index in [0.717, 1.165) is 5.56 Å². The van der Waals surface area contributed by atoms with Crippen LogP contribution in [0.15, 0.2) is 60.7 Å². The van der Waals surface area contributed by atoms with Gasteiger partial charge in [-0.25, -0.2) is 5.01 Å². The highest BCUT2D eigenvalue weighted by molar-refractivity contribution is 5.99. The molecule has 0 fully saturated rings. The van der Waals surface area contributed by atoms with Crippen LogP contribution in [0.1, 0.15) is 54.0 Å². The Hall–Kier alpha value is -2.88. The van der Waals surface area contributed by atoms with Crippen molar-refractivity contribution < 1.29 is 9.59 Å². The van der Waals surface area contributed by atoms with Gasteiger partial charge in [0.1, 0.15) is 0 Å². The third-order valence-corrected chi connectivity index (χ3v) is 3.64. The first-order valence-electron chi connectivity index (χ1n) is 8.26. The maximum atomic E-state index is 12.8. The van der Waals surface area contributed by atoms with Gasteiger partial charge < -0.3 is 0 Å². The monoisotopic (exact) mass is 336 g/mol. The molecule has 130 valence electrons. The van der Waals surface area contributed by atoms with E-state index in [0.29, 0.717) is 11.1 Å². The van der Waals surface area contributed by atoms with E-state index in [9.17, 15) is 9.59 Å². The molecular weight excluding hydrogens is 312 g/mol. The molecule has 0 aliphatic rings. The lowest BCUT2D eigenvalue weighted by atomic mass is 10.1. The number of carbonyl (C=O) groups is 2. The Kier molecular flexibility index (Phi) is 5.75. The number of nitrogens with zero attached hydrogens (tertiary/aromatic N) is 1. The van der Waals surface area contributed by atoms with Gasteiger partial charge in [0.2, 0.25) is 0 Å². The Morgan fingerprint density at radius 1 is 0.920 bits per heavy atom. The lowest BCUT2D eigenvalue weighted by molar-refractivity contribution is 0.0358. The van der Waals surface area contributed by atoms with Gasteiger partial charge in [0, 0.05) is 11.1 Å². The minimum atomic E-state index is -0.562. The van der Waals surface area contributed by atoms with Crippen molar-refractivity contribution in [3.8, 4) is 0 Å². The zero-order chi connectivity index (χ0) is 18.4. The molecule has 4 heteroatoms. The van der Waals surface area contributed by atoms with Gasteiger partial charge in [0.15, 0.2) is 0 Å². The maximum Gasteiger partial charge on any atom is 0.272 e. The molecule has 0 aromatic heterocycles. The summed E-state index contributed by atoms with van der Waals surface area (Å²) in [6.07, 6.45) is 3.90. The van der Waals surface area contributed by atoms with Crippen LogP contribution >= 0.6 is 0 Å². The van der Waals surface area contributed by atoms with Crippen molar-refractivity contribution in [1.29, 1.82) is 0 Å². The Balaban J connectivity index is 2.22. The second kappa shape index (κ2) is 7.79. The lowest BCUT2D eigenvalue weighted by Gasteiger charge is -2.35.